The van der Waals surface area contributed by atoms with E-state index in [4.69, 9.17) is 0 Å². The van der Waals surface area contributed by atoms with Crippen LogP contribution in [0.4, 0.5) is 0 Å². The molecule has 0 saturated carbocycles. The Balaban J connectivity index is 2.78. The summed E-state index contributed by atoms with van der Waals surface area (Å²) < 4.78 is 0. The first-order valence-corrected chi connectivity index (χ1v) is 4.72. The number of Topliss-reactive ketones (excluding diaryl/α,β-unsaturated/α-hetero) is 1. The van der Waals surface area contributed by atoms with Crippen molar-refractivity contribution in [1.82, 2.24) is 10.2 Å². The molecule has 4 nitrogen and oxygen atoms in total. The van der Waals surface area contributed by atoms with Gasteiger partial charge in [0.05, 0.1) is 5.92 Å². The SMILES string of the molecule is CN(C)C=C1CNCCC1C(=O)C=O. The van der Waals surface area contributed by atoms with Crippen LogP contribution >= 0.6 is 0 Å². The molecule has 0 aromatic carbocycles. The van der Waals surface area contributed by atoms with Crippen LogP contribution in [0.15, 0.2) is 11.8 Å². The first-order chi connectivity index (χ1) is 6.65. The first kappa shape index (κ1) is 10.9. The van der Waals surface area contributed by atoms with E-state index >= 15 is 0 Å². The minimum Gasteiger partial charge on any atom is -0.383 e. The van der Waals surface area contributed by atoms with Gasteiger partial charge in [0.25, 0.3) is 0 Å². The number of aldehydes is 1. The Morgan fingerprint density at radius 2 is 2.29 bits per heavy atom. The van der Waals surface area contributed by atoms with E-state index in [1.54, 1.807) is 0 Å². The standard InChI is InChI=1S/C10H16N2O2/c1-12(2)6-8-5-11-4-3-9(8)10(14)7-13/h6-7,9,11H,3-5H2,1-2H3. The van der Waals surface area contributed by atoms with Gasteiger partial charge in [-0.3, -0.25) is 9.59 Å². The van der Waals surface area contributed by atoms with E-state index in [0.717, 1.165) is 18.5 Å². The van der Waals surface area contributed by atoms with E-state index in [2.05, 4.69) is 5.32 Å². The van der Waals surface area contributed by atoms with Crippen LogP contribution in [0.2, 0.25) is 0 Å². The van der Waals surface area contributed by atoms with Crippen LogP contribution in [0.5, 0.6) is 0 Å². The van der Waals surface area contributed by atoms with Gasteiger partial charge in [0.1, 0.15) is 0 Å². The molecule has 0 aromatic heterocycles. The maximum absolute atomic E-state index is 11.3. The van der Waals surface area contributed by atoms with Gasteiger partial charge >= 0.3 is 0 Å². The molecule has 1 rings (SSSR count). The van der Waals surface area contributed by atoms with Crippen molar-refractivity contribution in [3.8, 4) is 0 Å². The van der Waals surface area contributed by atoms with E-state index in [1.165, 1.54) is 0 Å². The molecule has 0 aromatic rings. The lowest BCUT2D eigenvalue weighted by atomic mass is 9.89. The molecule has 1 atom stereocenters. The van der Waals surface area contributed by atoms with E-state index < -0.39 is 0 Å². The van der Waals surface area contributed by atoms with Crippen LogP contribution in [-0.4, -0.2) is 44.2 Å². The van der Waals surface area contributed by atoms with Gasteiger partial charge in [-0.2, -0.15) is 0 Å². The third kappa shape index (κ3) is 2.67. The lowest BCUT2D eigenvalue weighted by Gasteiger charge is -2.24. The molecule has 78 valence electrons. The van der Waals surface area contributed by atoms with E-state index in [-0.39, 0.29) is 11.7 Å². The lowest BCUT2D eigenvalue weighted by Crippen LogP contribution is -2.35. The Labute approximate surface area is 84.0 Å². The van der Waals surface area contributed by atoms with Gasteiger partial charge < -0.3 is 10.2 Å². The predicted molar refractivity (Wildman–Crippen MR) is 53.8 cm³/mol. The quantitative estimate of drug-likeness (QED) is 0.502. The molecule has 4 heteroatoms. The summed E-state index contributed by atoms with van der Waals surface area (Å²) in [4.78, 5) is 23.6. The third-order valence-corrected chi connectivity index (χ3v) is 2.27. The molecule has 1 saturated heterocycles. The van der Waals surface area contributed by atoms with Crippen LogP contribution in [0, 0.1) is 5.92 Å². The summed E-state index contributed by atoms with van der Waals surface area (Å²) in [5.41, 5.74) is 0.998. The van der Waals surface area contributed by atoms with Crippen molar-refractivity contribution in [2.75, 3.05) is 27.2 Å². The fourth-order valence-electron chi connectivity index (χ4n) is 1.66. The predicted octanol–water partition coefficient (Wildman–Crippen LogP) is -0.191. The summed E-state index contributed by atoms with van der Waals surface area (Å²) in [7, 11) is 3.81. The molecular weight excluding hydrogens is 180 g/mol. The van der Waals surface area contributed by atoms with Crippen LogP contribution < -0.4 is 5.32 Å². The number of ketones is 1. The zero-order valence-corrected chi connectivity index (χ0v) is 8.62. The molecule has 0 spiro atoms. The molecular formula is C10H16N2O2. The molecule has 1 fully saturated rings. The highest BCUT2D eigenvalue weighted by Crippen LogP contribution is 2.18. The van der Waals surface area contributed by atoms with Gasteiger partial charge in [-0.05, 0) is 24.7 Å². The van der Waals surface area contributed by atoms with Gasteiger partial charge in [0.15, 0.2) is 6.29 Å². The number of piperidine rings is 1. The molecule has 1 aliphatic rings. The third-order valence-electron chi connectivity index (χ3n) is 2.27. The molecule has 1 N–H and O–H groups in total. The highest BCUT2D eigenvalue weighted by Gasteiger charge is 2.24. The van der Waals surface area contributed by atoms with E-state index in [9.17, 15) is 9.59 Å². The van der Waals surface area contributed by atoms with Gasteiger partial charge in [0, 0.05) is 20.6 Å². The molecule has 1 aliphatic heterocycles. The number of rotatable bonds is 3. The lowest BCUT2D eigenvalue weighted by molar-refractivity contribution is -0.132. The number of nitrogens with one attached hydrogen (secondary N) is 1. The van der Waals surface area contributed by atoms with Crippen molar-refractivity contribution >= 4 is 12.1 Å². The summed E-state index contributed by atoms with van der Waals surface area (Å²) in [5, 5.41) is 3.19. The average Bonchev–Trinajstić information content (AvgIpc) is 2.16. The summed E-state index contributed by atoms with van der Waals surface area (Å²) >= 11 is 0. The molecule has 1 unspecified atom stereocenters. The maximum Gasteiger partial charge on any atom is 0.202 e. The second-order valence-corrected chi connectivity index (χ2v) is 3.71. The van der Waals surface area contributed by atoms with Crippen molar-refractivity contribution in [3.63, 3.8) is 0 Å². The molecule has 0 radical (unpaired) electrons. The topological polar surface area (TPSA) is 49.4 Å². The molecule has 0 aliphatic carbocycles. The first-order valence-electron chi connectivity index (χ1n) is 4.72. The minimum absolute atomic E-state index is 0.212. The Bertz CT molecular complexity index is 259. The number of hydrogen-bond acceptors (Lipinski definition) is 4. The summed E-state index contributed by atoms with van der Waals surface area (Å²) in [5.74, 6) is -0.518. The number of carbonyl (C=O) groups excluding carboxylic acids is 2. The van der Waals surface area contributed by atoms with Crippen LogP contribution in [0.25, 0.3) is 0 Å². The van der Waals surface area contributed by atoms with E-state index in [1.807, 2.05) is 25.2 Å². The van der Waals surface area contributed by atoms with Crippen LogP contribution in [-0.2, 0) is 9.59 Å². The monoisotopic (exact) mass is 196 g/mol. The number of hydrogen-bond donors (Lipinski definition) is 1. The Morgan fingerprint density at radius 1 is 1.57 bits per heavy atom. The summed E-state index contributed by atoms with van der Waals surface area (Å²) in [6, 6.07) is 0. The highest BCUT2D eigenvalue weighted by molar-refractivity contribution is 6.26. The van der Waals surface area contributed by atoms with Crippen molar-refractivity contribution in [2.24, 2.45) is 5.92 Å². The normalized spacial score (nSPS) is 24.7. The fourth-order valence-corrected chi connectivity index (χ4v) is 1.66. The second-order valence-electron chi connectivity index (χ2n) is 3.71. The molecule has 0 bridgehead atoms. The van der Waals surface area contributed by atoms with E-state index in [0.29, 0.717) is 12.8 Å². The van der Waals surface area contributed by atoms with Gasteiger partial charge in [-0.1, -0.05) is 0 Å². The molecule has 0 amide bonds. The smallest absolute Gasteiger partial charge is 0.202 e. The summed E-state index contributed by atoms with van der Waals surface area (Å²) in [6.07, 6.45) is 3.06. The Hall–Kier alpha value is -1.16. The Morgan fingerprint density at radius 3 is 2.86 bits per heavy atom. The van der Waals surface area contributed by atoms with Gasteiger partial charge in [0.2, 0.25) is 5.78 Å². The minimum atomic E-state index is -0.306. The zero-order valence-electron chi connectivity index (χ0n) is 8.62. The van der Waals surface area contributed by atoms with Crippen molar-refractivity contribution in [3.05, 3.63) is 11.8 Å². The van der Waals surface area contributed by atoms with Gasteiger partial charge in [-0.25, -0.2) is 0 Å². The fraction of sp³-hybridized carbons (Fsp3) is 0.600. The zero-order chi connectivity index (χ0) is 10.6. The average molecular weight is 196 g/mol. The van der Waals surface area contributed by atoms with Crippen molar-refractivity contribution < 1.29 is 9.59 Å². The number of nitrogens with zero attached hydrogens (tertiary/aromatic N) is 1. The maximum atomic E-state index is 11.3. The summed E-state index contributed by atoms with van der Waals surface area (Å²) in [6.45, 7) is 1.50. The molecule has 14 heavy (non-hydrogen) atoms. The van der Waals surface area contributed by atoms with Crippen molar-refractivity contribution in [1.29, 1.82) is 0 Å². The number of carbonyl (C=O) groups is 2. The molecule has 1 heterocycles. The largest absolute Gasteiger partial charge is 0.383 e. The van der Waals surface area contributed by atoms with Gasteiger partial charge in [-0.15, -0.1) is 0 Å². The van der Waals surface area contributed by atoms with Crippen LogP contribution in [0.3, 0.4) is 0 Å². The highest BCUT2D eigenvalue weighted by atomic mass is 16.2. The van der Waals surface area contributed by atoms with Crippen LogP contribution in [0.1, 0.15) is 6.42 Å². The van der Waals surface area contributed by atoms with Crippen molar-refractivity contribution in [2.45, 2.75) is 6.42 Å². The second kappa shape index (κ2) is 4.91. The Kier molecular flexibility index (Phi) is 3.83.